The number of ether oxygens (including phenoxy) is 2. The van der Waals surface area contributed by atoms with Gasteiger partial charge in [-0.25, -0.2) is 4.57 Å². The fourth-order valence-corrected chi connectivity index (χ4v) is 6.88. The van der Waals surface area contributed by atoms with Crippen molar-refractivity contribution in [2.24, 2.45) is 0 Å². The van der Waals surface area contributed by atoms with Crippen molar-refractivity contribution in [3.05, 3.63) is 24.3 Å². The van der Waals surface area contributed by atoms with E-state index in [0.717, 1.165) is 38.5 Å². The van der Waals surface area contributed by atoms with Crippen LogP contribution in [-0.2, 0) is 32.7 Å². The molecule has 0 aliphatic rings. The molecule has 0 bridgehead atoms. The first-order chi connectivity index (χ1) is 26.7. The first kappa shape index (κ1) is 53.5. The molecular formula is C44H83O10P. The van der Waals surface area contributed by atoms with E-state index in [1.54, 1.807) is 0 Å². The summed E-state index contributed by atoms with van der Waals surface area (Å²) in [5.41, 5.74) is 0. The Labute approximate surface area is 336 Å². The highest BCUT2D eigenvalue weighted by molar-refractivity contribution is 7.47. The highest BCUT2D eigenvalue weighted by Crippen LogP contribution is 2.43. The van der Waals surface area contributed by atoms with E-state index in [0.29, 0.717) is 12.8 Å². The maximum absolute atomic E-state index is 12.6. The second kappa shape index (κ2) is 40.6. The third kappa shape index (κ3) is 40.4. The monoisotopic (exact) mass is 803 g/mol. The fourth-order valence-electron chi connectivity index (χ4n) is 6.09. The SMILES string of the molecule is CCCC/C=C/CCCCCCCCCCCC(=O)O[C@H](COC(=O)CCCCCCCCCCC/C=C/CCCCCC)COP(=O)(O)OC[C@@H](O)CO. The molecule has 1 unspecified atom stereocenters. The van der Waals surface area contributed by atoms with Crippen LogP contribution in [0.3, 0.4) is 0 Å². The van der Waals surface area contributed by atoms with Gasteiger partial charge in [-0.2, -0.15) is 0 Å². The van der Waals surface area contributed by atoms with E-state index in [4.69, 9.17) is 23.6 Å². The Kier molecular flexibility index (Phi) is 39.5. The van der Waals surface area contributed by atoms with E-state index in [9.17, 15) is 24.2 Å². The summed E-state index contributed by atoms with van der Waals surface area (Å²) >= 11 is 0. The highest BCUT2D eigenvalue weighted by atomic mass is 31.2. The average Bonchev–Trinajstić information content (AvgIpc) is 3.17. The van der Waals surface area contributed by atoms with Crippen molar-refractivity contribution in [1.29, 1.82) is 0 Å². The van der Waals surface area contributed by atoms with Crippen molar-refractivity contribution in [1.82, 2.24) is 0 Å². The number of aliphatic hydroxyl groups is 2. The number of rotatable bonds is 42. The Balaban J connectivity index is 4.25. The molecule has 0 fully saturated rings. The Morgan fingerprint density at radius 3 is 1.36 bits per heavy atom. The van der Waals surface area contributed by atoms with Gasteiger partial charge in [-0.05, 0) is 57.8 Å². The number of hydrogen-bond donors (Lipinski definition) is 3. The molecule has 324 valence electrons. The molecule has 0 aromatic heterocycles. The zero-order chi connectivity index (χ0) is 40.5. The minimum Gasteiger partial charge on any atom is -0.462 e. The van der Waals surface area contributed by atoms with Crippen LogP contribution in [0.25, 0.3) is 0 Å². The lowest BCUT2D eigenvalue weighted by molar-refractivity contribution is -0.161. The number of esters is 2. The van der Waals surface area contributed by atoms with Crippen molar-refractivity contribution in [2.45, 2.75) is 219 Å². The number of carbonyl (C=O) groups is 2. The van der Waals surface area contributed by atoms with Gasteiger partial charge in [-0.1, -0.05) is 160 Å². The predicted octanol–water partition coefficient (Wildman–Crippen LogP) is 11.8. The van der Waals surface area contributed by atoms with E-state index in [1.807, 2.05) is 0 Å². The van der Waals surface area contributed by atoms with Crippen molar-refractivity contribution in [2.75, 3.05) is 26.4 Å². The number of phosphoric ester groups is 1. The summed E-state index contributed by atoms with van der Waals surface area (Å²) in [6, 6.07) is 0. The molecule has 11 heteroatoms. The molecule has 0 radical (unpaired) electrons. The summed E-state index contributed by atoms with van der Waals surface area (Å²) in [5, 5.41) is 18.3. The number of carbonyl (C=O) groups excluding carboxylic acids is 2. The van der Waals surface area contributed by atoms with Gasteiger partial charge in [0.1, 0.15) is 12.7 Å². The van der Waals surface area contributed by atoms with Crippen LogP contribution < -0.4 is 0 Å². The van der Waals surface area contributed by atoms with Crippen LogP contribution in [0.2, 0.25) is 0 Å². The quantitative estimate of drug-likeness (QED) is 0.0236. The molecule has 0 aliphatic heterocycles. The van der Waals surface area contributed by atoms with Gasteiger partial charge in [-0.15, -0.1) is 0 Å². The smallest absolute Gasteiger partial charge is 0.462 e. The summed E-state index contributed by atoms with van der Waals surface area (Å²) < 4.78 is 32.7. The Hall–Kier alpha value is -1.55. The Bertz CT molecular complexity index is 972. The topological polar surface area (TPSA) is 149 Å². The standard InChI is InChI=1S/C44H83O10P/c1-3-5-7-9-11-13-15-17-19-20-22-23-25-27-29-31-33-35-43(47)51-39-42(40-53-55(49,50)52-38-41(46)37-45)54-44(48)36-34-32-30-28-26-24-21-18-16-14-12-10-8-6-4-2/h10,12-13,15,41-42,45-46H,3-9,11,14,16-40H2,1-2H3,(H,49,50)/b12-10+,15-13+/t41-,42+/m0/s1. The van der Waals surface area contributed by atoms with Crippen LogP contribution in [0.15, 0.2) is 24.3 Å². The second-order valence-electron chi connectivity index (χ2n) is 15.1. The third-order valence-corrected chi connectivity index (χ3v) is 10.5. The zero-order valence-electron chi connectivity index (χ0n) is 35.2. The summed E-state index contributed by atoms with van der Waals surface area (Å²) in [6.45, 7) is 2.35. The van der Waals surface area contributed by atoms with Crippen LogP contribution in [0, 0.1) is 0 Å². The predicted molar refractivity (Wildman–Crippen MR) is 224 cm³/mol. The Morgan fingerprint density at radius 1 is 0.527 bits per heavy atom. The lowest BCUT2D eigenvalue weighted by Gasteiger charge is -2.20. The van der Waals surface area contributed by atoms with Gasteiger partial charge in [0.05, 0.1) is 19.8 Å². The van der Waals surface area contributed by atoms with Crippen LogP contribution in [-0.4, -0.2) is 65.7 Å². The van der Waals surface area contributed by atoms with Gasteiger partial charge in [0, 0.05) is 12.8 Å². The summed E-state index contributed by atoms with van der Waals surface area (Å²) in [6.07, 6.45) is 39.9. The van der Waals surface area contributed by atoms with Crippen LogP contribution in [0.5, 0.6) is 0 Å². The van der Waals surface area contributed by atoms with Crippen LogP contribution in [0.4, 0.5) is 0 Å². The number of phosphoric acid groups is 1. The van der Waals surface area contributed by atoms with Crippen LogP contribution >= 0.6 is 7.82 Å². The van der Waals surface area contributed by atoms with Crippen molar-refractivity contribution < 1.29 is 47.8 Å². The maximum atomic E-state index is 12.6. The van der Waals surface area contributed by atoms with Crippen molar-refractivity contribution in [3.8, 4) is 0 Å². The summed E-state index contributed by atoms with van der Waals surface area (Å²) in [4.78, 5) is 35.0. The molecule has 0 aromatic carbocycles. The highest BCUT2D eigenvalue weighted by Gasteiger charge is 2.27. The molecular weight excluding hydrogens is 719 g/mol. The normalized spacial score (nSPS) is 14.1. The zero-order valence-corrected chi connectivity index (χ0v) is 36.0. The maximum Gasteiger partial charge on any atom is 0.472 e. The molecule has 0 amide bonds. The van der Waals surface area contributed by atoms with Crippen LogP contribution in [0.1, 0.15) is 206 Å². The number of hydrogen-bond acceptors (Lipinski definition) is 9. The first-order valence-corrected chi connectivity index (χ1v) is 23.8. The van der Waals surface area contributed by atoms with E-state index in [-0.39, 0.29) is 19.4 Å². The minimum absolute atomic E-state index is 0.183. The van der Waals surface area contributed by atoms with Crippen molar-refractivity contribution >= 4 is 19.8 Å². The first-order valence-electron chi connectivity index (χ1n) is 22.3. The summed E-state index contributed by atoms with van der Waals surface area (Å²) in [7, 11) is -4.61. The van der Waals surface area contributed by atoms with Gasteiger partial charge in [0.25, 0.3) is 0 Å². The van der Waals surface area contributed by atoms with E-state index in [1.165, 1.54) is 128 Å². The molecule has 0 heterocycles. The van der Waals surface area contributed by atoms with Crippen molar-refractivity contribution in [3.63, 3.8) is 0 Å². The lowest BCUT2D eigenvalue weighted by atomic mass is 10.1. The van der Waals surface area contributed by atoms with Gasteiger partial charge in [0.2, 0.25) is 0 Å². The van der Waals surface area contributed by atoms with E-state index < -0.39 is 51.8 Å². The molecule has 0 aromatic rings. The van der Waals surface area contributed by atoms with Gasteiger partial charge in [0.15, 0.2) is 6.10 Å². The van der Waals surface area contributed by atoms with Gasteiger partial charge < -0.3 is 24.6 Å². The third-order valence-electron chi connectivity index (χ3n) is 9.58. The molecule has 10 nitrogen and oxygen atoms in total. The molecule has 55 heavy (non-hydrogen) atoms. The largest absolute Gasteiger partial charge is 0.472 e. The van der Waals surface area contributed by atoms with E-state index >= 15 is 0 Å². The minimum atomic E-state index is -4.61. The summed E-state index contributed by atoms with van der Waals surface area (Å²) in [5.74, 6) is -0.924. The molecule has 0 saturated heterocycles. The van der Waals surface area contributed by atoms with E-state index in [2.05, 4.69) is 38.2 Å². The molecule has 0 aliphatic carbocycles. The van der Waals surface area contributed by atoms with Gasteiger partial charge >= 0.3 is 19.8 Å². The molecule has 0 saturated carbocycles. The van der Waals surface area contributed by atoms with Gasteiger partial charge in [-0.3, -0.25) is 18.6 Å². The molecule has 3 N–H and O–H groups in total. The number of allylic oxidation sites excluding steroid dienone is 4. The molecule has 3 atom stereocenters. The number of unbranched alkanes of at least 4 members (excludes halogenated alkanes) is 24. The lowest BCUT2D eigenvalue weighted by Crippen LogP contribution is -2.29. The fraction of sp³-hybridized carbons (Fsp3) is 0.864. The average molecular weight is 803 g/mol. The number of aliphatic hydroxyl groups excluding tert-OH is 2. The molecule has 0 spiro atoms. The second-order valence-corrected chi connectivity index (χ2v) is 16.5. The Morgan fingerprint density at radius 2 is 0.909 bits per heavy atom. The molecule has 0 rings (SSSR count).